The Balaban J connectivity index is 2.59. The maximum Gasteiger partial charge on any atom is 0.425 e. The number of amides is 2. The molecule has 1 N–H and O–H groups in total. The highest BCUT2D eigenvalue weighted by molar-refractivity contribution is 6.10. The van der Waals surface area contributed by atoms with Gasteiger partial charge in [0.15, 0.2) is 0 Å². The minimum atomic E-state index is -5.20. The number of allylic oxidation sites excluding steroid dienone is 1. The molecule has 6 nitrogen and oxygen atoms in total. The van der Waals surface area contributed by atoms with Gasteiger partial charge in [0.25, 0.3) is 5.91 Å². The van der Waals surface area contributed by atoms with Crippen LogP contribution >= 0.6 is 0 Å². The van der Waals surface area contributed by atoms with Crippen LogP contribution in [0, 0.1) is 0 Å². The monoisotopic (exact) mass is 418 g/mol. The van der Waals surface area contributed by atoms with Crippen molar-refractivity contribution in [1.29, 1.82) is 0 Å². The summed E-state index contributed by atoms with van der Waals surface area (Å²) in [6.07, 6.45) is -0.750. The van der Waals surface area contributed by atoms with Crippen LogP contribution in [-0.2, 0) is 19.1 Å². The van der Waals surface area contributed by atoms with E-state index in [1.165, 1.54) is 13.8 Å². The van der Waals surface area contributed by atoms with Crippen molar-refractivity contribution in [3.8, 4) is 0 Å². The van der Waals surface area contributed by atoms with Crippen molar-refractivity contribution >= 4 is 17.8 Å². The highest BCUT2D eigenvalue weighted by Gasteiger charge is 2.71. The van der Waals surface area contributed by atoms with Crippen LogP contribution in [0.5, 0.6) is 0 Å². The van der Waals surface area contributed by atoms with Crippen molar-refractivity contribution in [2.75, 3.05) is 6.61 Å². The summed E-state index contributed by atoms with van der Waals surface area (Å²) in [6, 6.07) is -0.433. The Labute approximate surface area is 168 Å². The molecule has 2 rings (SSSR count). The lowest BCUT2D eigenvalue weighted by Gasteiger charge is -2.36. The van der Waals surface area contributed by atoms with Crippen LogP contribution in [0.15, 0.2) is 11.3 Å². The Morgan fingerprint density at radius 2 is 1.83 bits per heavy atom. The van der Waals surface area contributed by atoms with Gasteiger partial charge in [0, 0.05) is 18.2 Å². The first-order chi connectivity index (χ1) is 13.6. The summed E-state index contributed by atoms with van der Waals surface area (Å²) in [4.78, 5) is 39.2. The minimum absolute atomic E-state index is 0.0894. The van der Waals surface area contributed by atoms with Crippen molar-refractivity contribution in [3.63, 3.8) is 0 Å². The van der Waals surface area contributed by atoms with Gasteiger partial charge in [-0.3, -0.25) is 9.59 Å². The number of nitrogens with zero attached hydrogens (tertiary/aromatic N) is 1. The van der Waals surface area contributed by atoms with E-state index in [1.54, 1.807) is 6.92 Å². The van der Waals surface area contributed by atoms with Crippen LogP contribution in [0.2, 0.25) is 0 Å². The fraction of sp³-hybridized carbons (Fsp3) is 0.750. The normalized spacial score (nSPS) is 23.5. The Kier molecular flexibility index (Phi) is 7.35. The average molecular weight is 418 g/mol. The summed E-state index contributed by atoms with van der Waals surface area (Å²) in [5, 5.41) is 1.89. The van der Waals surface area contributed by atoms with E-state index in [2.05, 4.69) is 0 Å². The van der Waals surface area contributed by atoms with Crippen molar-refractivity contribution < 1.29 is 32.3 Å². The average Bonchev–Trinajstić information content (AvgIpc) is 2.88. The van der Waals surface area contributed by atoms with Crippen LogP contribution in [0.3, 0.4) is 0 Å². The van der Waals surface area contributed by atoms with E-state index in [0.29, 0.717) is 25.7 Å². The number of carbonyl (C=O) groups is 3. The lowest BCUT2D eigenvalue weighted by molar-refractivity contribution is -0.197. The second-order valence-corrected chi connectivity index (χ2v) is 7.55. The summed E-state index contributed by atoms with van der Waals surface area (Å²) in [7, 11) is 0. The molecule has 9 heteroatoms. The number of hydrogen-bond donors (Lipinski definition) is 1. The molecule has 2 amide bonds. The Morgan fingerprint density at radius 3 is 2.34 bits per heavy atom. The van der Waals surface area contributed by atoms with Crippen molar-refractivity contribution in [1.82, 2.24) is 10.2 Å². The summed E-state index contributed by atoms with van der Waals surface area (Å²) >= 11 is 0. The van der Waals surface area contributed by atoms with Crippen molar-refractivity contribution in [3.05, 3.63) is 11.3 Å². The molecule has 1 atom stereocenters. The zero-order chi connectivity index (χ0) is 21.8. The molecule has 0 aromatic rings. The van der Waals surface area contributed by atoms with Gasteiger partial charge < -0.3 is 15.0 Å². The Hall–Kier alpha value is -2.06. The summed E-state index contributed by atoms with van der Waals surface area (Å²) in [6.45, 7) is 4.44. The van der Waals surface area contributed by atoms with Gasteiger partial charge in [-0.25, -0.2) is 4.79 Å². The number of halogens is 3. The second kappa shape index (κ2) is 9.17. The fourth-order valence-corrected chi connectivity index (χ4v) is 4.17. The van der Waals surface area contributed by atoms with Gasteiger partial charge >= 0.3 is 12.1 Å². The van der Waals surface area contributed by atoms with Crippen LogP contribution in [0.1, 0.15) is 72.1 Å². The van der Waals surface area contributed by atoms with Gasteiger partial charge in [-0.05, 0) is 33.1 Å². The first kappa shape index (κ1) is 23.2. The Bertz CT molecular complexity index is 684. The van der Waals surface area contributed by atoms with E-state index in [4.69, 9.17) is 4.74 Å². The van der Waals surface area contributed by atoms with Crippen LogP contribution in [0.4, 0.5) is 13.2 Å². The molecular formula is C20H29F3N2O4. The maximum atomic E-state index is 14.4. The predicted octanol–water partition coefficient (Wildman–Crippen LogP) is 3.61. The molecule has 0 radical (unpaired) electrons. The zero-order valence-electron chi connectivity index (χ0n) is 17.2. The van der Waals surface area contributed by atoms with Gasteiger partial charge in [-0.15, -0.1) is 0 Å². The van der Waals surface area contributed by atoms with E-state index in [9.17, 15) is 27.6 Å². The summed E-state index contributed by atoms with van der Waals surface area (Å²) in [5.41, 5.74) is -4.33. The molecule has 1 saturated carbocycles. The van der Waals surface area contributed by atoms with Crippen LogP contribution in [-0.4, -0.2) is 47.0 Å². The van der Waals surface area contributed by atoms with Crippen LogP contribution in [0.25, 0.3) is 0 Å². The third kappa shape index (κ3) is 4.28. The molecule has 0 aromatic heterocycles. The van der Waals surface area contributed by atoms with E-state index in [1.807, 2.05) is 5.32 Å². The first-order valence-corrected chi connectivity index (χ1v) is 10.2. The maximum absolute atomic E-state index is 14.4. The number of carbonyl (C=O) groups excluding carboxylic acids is 3. The number of hydrogen-bond acceptors (Lipinski definition) is 4. The molecule has 1 fully saturated rings. The molecule has 0 unspecified atom stereocenters. The largest absolute Gasteiger partial charge is 0.462 e. The number of nitrogens with one attached hydrogen (secondary N) is 1. The number of unbranched alkanes of at least 4 members (excludes halogenated alkanes) is 1. The van der Waals surface area contributed by atoms with E-state index < -0.39 is 41.1 Å². The number of esters is 1. The molecule has 0 spiro atoms. The highest BCUT2D eigenvalue weighted by Crippen LogP contribution is 2.47. The fourth-order valence-electron chi connectivity index (χ4n) is 4.17. The molecule has 29 heavy (non-hydrogen) atoms. The second-order valence-electron chi connectivity index (χ2n) is 7.55. The van der Waals surface area contributed by atoms with Crippen LogP contribution < -0.4 is 5.32 Å². The van der Waals surface area contributed by atoms with Gasteiger partial charge in [0.05, 0.1) is 6.61 Å². The van der Waals surface area contributed by atoms with Gasteiger partial charge in [0.1, 0.15) is 5.57 Å². The number of alkyl halides is 3. The van der Waals surface area contributed by atoms with E-state index >= 15 is 0 Å². The van der Waals surface area contributed by atoms with Gasteiger partial charge in [-0.2, -0.15) is 13.2 Å². The zero-order valence-corrected chi connectivity index (χ0v) is 17.2. The number of ether oxygens (including phenoxy) is 1. The predicted molar refractivity (Wildman–Crippen MR) is 99.5 cm³/mol. The van der Waals surface area contributed by atoms with Crippen molar-refractivity contribution in [2.45, 2.75) is 89.9 Å². The molecule has 164 valence electrons. The standard InChI is InChI=1S/C20H29F3N2O4/c1-4-6-12-15(26)24-19(20(21,22)23)16(17(27)29-5-2)13(3)25(18(19)28)14-10-8-7-9-11-14/h14H,4-12H2,1-3H3,(H,24,26)/t19-/m0/s1. The Morgan fingerprint density at radius 1 is 1.21 bits per heavy atom. The number of rotatable bonds is 7. The minimum Gasteiger partial charge on any atom is -0.462 e. The molecule has 2 aliphatic rings. The first-order valence-electron chi connectivity index (χ1n) is 10.2. The molecule has 0 bridgehead atoms. The topological polar surface area (TPSA) is 75.7 Å². The molecule has 0 saturated heterocycles. The summed E-state index contributed by atoms with van der Waals surface area (Å²) in [5.74, 6) is -3.47. The SMILES string of the molecule is CCCCC(=O)N[C@]1(C(F)(F)F)C(=O)N(C2CCCCC2)C(C)=C1C(=O)OCC. The third-order valence-electron chi connectivity index (χ3n) is 5.57. The molecule has 0 aromatic carbocycles. The molecular weight excluding hydrogens is 389 g/mol. The van der Waals surface area contributed by atoms with Crippen molar-refractivity contribution in [2.24, 2.45) is 0 Å². The smallest absolute Gasteiger partial charge is 0.425 e. The van der Waals surface area contributed by atoms with Gasteiger partial charge in [-0.1, -0.05) is 32.6 Å². The lowest BCUT2D eigenvalue weighted by Crippen LogP contribution is -2.66. The summed E-state index contributed by atoms with van der Waals surface area (Å²) < 4.78 is 48.1. The van der Waals surface area contributed by atoms with E-state index in [0.717, 1.165) is 24.2 Å². The molecule has 1 heterocycles. The molecule has 1 aliphatic carbocycles. The molecule has 1 aliphatic heterocycles. The lowest BCUT2D eigenvalue weighted by atomic mass is 9.88. The third-order valence-corrected chi connectivity index (χ3v) is 5.57. The van der Waals surface area contributed by atoms with Gasteiger partial charge in [0.2, 0.25) is 11.4 Å². The van der Waals surface area contributed by atoms with E-state index in [-0.39, 0.29) is 18.7 Å². The highest BCUT2D eigenvalue weighted by atomic mass is 19.4. The quantitative estimate of drug-likeness (QED) is 0.641.